The highest BCUT2D eigenvalue weighted by atomic mass is 35.6. The normalized spacial score (nSPS) is 12.2. The lowest BCUT2D eigenvalue weighted by atomic mass is 10.2. The Labute approximate surface area is 170 Å². The van der Waals surface area contributed by atoms with Gasteiger partial charge >= 0.3 is 0 Å². The number of nitrogens with zero attached hydrogens (tertiary/aromatic N) is 1. The molecule has 1 amide bonds. The molecule has 5 nitrogen and oxygen atoms in total. The highest BCUT2D eigenvalue weighted by Gasteiger charge is 2.35. The van der Waals surface area contributed by atoms with Gasteiger partial charge in [0.05, 0.1) is 10.6 Å². The maximum Gasteiger partial charge on any atom is 0.254 e. The van der Waals surface area contributed by atoms with Crippen molar-refractivity contribution in [2.75, 3.05) is 5.32 Å². The number of carbonyl (C=O) groups excluding carboxylic acids is 1. The van der Waals surface area contributed by atoms with Gasteiger partial charge in [-0.15, -0.1) is 0 Å². The van der Waals surface area contributed by atoms with E-state index in [1.54, 1.807) is 48.7 Å². The molecule has 0 bridgehead atoms. The molecule has 0 aliphatic heterocycles. The van der Waals surface area contributed by atoms with Gasteiger partial charge in [0.2, 0.25) is 3.79 Å². The maximum absolute atomic E-state index is 12.4. The van der Waals surface area contributed by atoms with Crippen molar-refractivity contribution in [2.45, 2.75) is 9.96 Å². The Morgan fingerprint density at radius 2 is 1.76 bits per heavy atom. The van der Waals surface area contributed by atoms with Crippen molar-refractivity contribution in [3.8, 4) is 0 Å². The Morgan fingerprint density at radius 3 is 2.36 bits per heavy atom. The third kappa shape index (κ3) is 6.17. The molecular weight excluding hydrogens is 426 g/mol. The van der Waals surface area contributed by atoms with E-state index in [1.165, 1.54) is 0 Å². The first-order chi connectivity index (χ1) is 11.8. The second-order valence-electron chi connectivity index (χ2n) is 4.74. The van der Waals surface area contributed by atoms with Crippen LogP contribution in [-0.4, -0.2) is 26.0 Å². The van der Waals surface area contributed by atoms with E-state index < -0.39 is 15.9 Å². The number of nitrogens with one attached hydrogen (secondary N) is 3. The molecular formula is C15H12Cl4N4OS. The number of benzene rings is 1. The summed E-state index contributed by atoms with van der Waals surface area (Å²) in [6.07, 6.45) is 0.487. The maximum atomic E-state index is 12.4. The van der Waals surface area contributed by atoms with Gasteiger partial charge in [0.25, 0.3) is 5.91 Å². The lowest BCUT2D eigenvalue weighted by Crippen LogP contribution is -2.56. The molecule has 25 heavy (non-hydrogen) atoms. The predicted octanol–water partition coefficient (Wildman–Crippen LogP) is 4.15. The number of thiocarbonyl (C=S) groups is 1. The minimum atomic E-state index is -1.87. The summed E-state index contributed by atoms with van der Waals surface area (Å²) in [5.41, 5.74) is 0.244. The van der Waals surface area contributed by atoms with E-state index >= 15 is 0 Å². The number of rotatable bonds is 4. The average molecular weight is 438 g/mol. The Kier molecular flexibility index (Phi) is 7.10. The van der Waals surface area contributed by atoms with Gasteiger partial charge in [0, 0.05) is 6.20 Å². The standard InChI is InChI=1S/C15H12Cl4N4OS/c16-10-6-2-1-5-9(10)12(24)22-13(15(17,18)19)23-14(25)21-11-7-3-4-8-20-11/h1-8,13H,(H,22,24)(H2,20,21,23,25). The van der Waals surface area contributed by atoms with Gasteiger partial charge < -0.3 is 16.0 Å². The largest absolute Gasteiger partial charge is 0.339 e. The molecule has 1 atom stereocenters. The summed E-state index contributed by atoms with van der Waals surface area (Å²) < 4.78 is -1.87. The zero-order valence-corrected chi connectivity index (χ0v) is 16.3. The molecule has 132 valence electrons. The molecule has 1 aromatic heterocycles. The average Bonchev–Trinajstić information content (AvgIpc) is 2.54. The van der Waals surface area contributed by atoms with Gasteiger partial charge in [-0.25, -0.2) is 4.98 Å². The van der Waals surface area contributed by atoms with Crippen molar-refractivity contribution in [3.63, 3.8) is 0 Å². The first-order valence-corrected chi connectivity index (χ1v) is 8.80. The molecule has 10 heteroatoms. The van der Waals surface area contributed by atoms with Crippen LogP contribution < -0.4 is 16.0 Å². The van der Waals surface area contributed by atoms with E-state index in [0.29, 0.717) is 5.82 Å². The van der Waals surface area contributed by atoms with Gasteiger partial charge in [0.1, 0.15) is 12.0 Å². The van der Waals surface area contributed by atoms with Crippen molar-refractivity contribution in [3.05, 3.63) is 59.2 Å². The van der Waals surface area contributed by atoms with E-state index in [4.69, 9.17) is 58.6 Å². The van der Waals surface area contributed by atoms with Crippen molar-refractivity contribution < 1.29 is 4.79 Å². The quantitative estimate of drug-likeness (QED) is 0.381. The molecule has 1 unspecified atom stereocenters. The third-order valence-electron chi connectivity index (χ3n) is 2.90. The van der Waals surface area contributed by atoms with Crippen LogP contribution in [0.15, 0.2) is 48.7 Å². The predicted molar refractivity (Wildman–Crippen MR) is 107 cm³/mol. The highest BCUT2D eigenvalue weighted by molar-refractivity contribution is 7.80. The fraction of sp³-hybridized carbons (Fsp3) is 0.133. The summed E-state index contributed by atoms with van der Waals surface area (Å²) in [5, 5.41) is 8.51. The second-order valence-corrected chi connectivity index (χ2v) is 7.93. The van der Waals surface area contributed by atoms with Crippen LogP contribution in [0.1, 0.15) is 10.4 Å². The molecule has 1 aromatic carbocycles. The first kappa shape index (κ1) is 20.0. The van der Waals surface area contributed by atoms with E-state index in [1.807, 2.05) is 0 Å². The molecule has 0 saturated heterocycles. The van der Waals surface area contributed by atoms with Gasteiger partial charge in [0.15, 0.2) is 5.11 Å². The van der Waals surface area contributed by atoms with Gasteiger partial charge in [-0.05, 0) is 36.5 Å². The molecule has 2 aromatic rings. The summed E-state index contributed by atoms with van der Waals surface area (Å²) in [4.78, 5) is 16.4. The van der Waals surface area contributed by atoms with Crippen molar-refractivity contribution in [1.29, 1.82) is 0 Å². The number of amides is 1. The fourth-order valence-electron chi connectivity index (χ4n) is 1.77. The molecule has 2 rings (SSSR count). The van der Waals surface area contributed by atoms with Crippen LogP contribution >= 0.6 is 58.6 Å². The van der Waals surface area contributed by atoms with Crippen molar-refractivity contribution in [2.24, 2.45) is 0 Å². The minimum Gasteiger partial charge on any atom is -0.339 e. The molecule has 0 fully saturated rings. The molecule has 0 radical (unpaired) electrons. The molecule has 0 aliphatic carbocycles. The zero-order chi connectivity index (χ0) is 18.4. The summed E-state index contributed by atoms with van der Waals surface area (Å²) >= 11 is 29.0. The highest BCUT2D eigenvalue weighted by Crippen LogP contribution is 2.29. The Morgan fingerprint density at radius 1 is 1.08 bits per heavy atom. The monoisotopic (exact) mass is 436 g/mol. The SMILES string of the molecule is O=C(NC(NC(=S)Nc1ccccn1)C(Cl)(Cl)Cl)c1ccccc1Cl. The van der Waals surface area contributed by atoms with Gasteiger partial charge in [-0.2, -0.15) is 0 Å². The van der Waals surface area contributed by atoms with Gasteiger partial charge in [-0.1, -0.05) is 64.6 Å². The Bertz CT molecular complexity index is 755. The number of anilines is 1. The molecule has 1 heterocycles. The third-order valence-corrected chi connectivity index (χ3v) is 4.11. The fourth-order valence-corrected chi connectivity index (χ4v) is 2.55. The van der Waals surface area contributed by atoms with Crippen LogP contribution in [0.5, 0.6) is 0 Å². The van der Waals surface area contributed by atoms with Gasteiger partial charge in [-0.3, -0.25) is 4.79 Å². The molecule has 0 aliphatic rings. The van der Waals surface area contributed by atoms with E-state index in [9.17, 15) is 4.79 Å². The number of alkyl halides is 3. The summed E-state index contributed by atoms with van der Waals surface area (Å²) in [7, 11) is 0. The minimum absolute atomic E-state index is 0.120. The van der Waals surface area contributed by atoms with Crippen LogP contribution in [-0.2, 0) is 0 Å². The Balaban J connectivity index is 2.08. The van der Waals surface area contributed by atoms with Crippen molar-refractivity contribution >= 4 is 75.5 Å². The van der Waals surface area contributed by atoms with E-state index in [2.05, 4.69) is 20.9 Å². The van der Waals surface area contributed by atoms with Crippen LogP contribution in [0.2, 0.25) is 5.02 Å². The smallest absolute Gasteiger partial charge is 0.254 e. The lowest BCUT2D eigenvalue weighted by molar-refractivity contribution is 0.0934. The first-order valence-electron chi connectivity index (χ1n) is 6.88. The lowest BCUT2D eigenvalue weighted by Gasteiger charge is -2.27. The van der Waals surface area contributed by atoms with E-state index in [-0.39, 0.29) is 15.7 Å². The number of hydrogen-bond donors (Lipinski definition) is 3. The Hall–Kier alpha value is -1.31. The molecule has 0 spiro atoms. The summed E-state index contributed by atoms with van der Waals surface area (Å²) in [5.74, 6) is -0.0180. The summed E-state index contributed by atoms with van der Waals surface area (Å²) in [6, 6.07) is 11.8. The number of hydrogen-bond acceptors (Lipinski definition) is 3. The van der Waals surface area contributed by atoms with E-state index in [0.717, 1.165) is 0 Å². The van der Waals surface area contributed by atoms with Crippen LogP contribution in [0.3, 0.4) is 0 Å². The second kappa shape index (κ2) is 8.87. The zero-order valence-electron chi connectivity index (χ0n) is 12.5. The van der Waals surface area contributed by atoms with Crippen molar-refractivity contribution in [1.82, 2.24) is 15.6 Å². The molecule has 3 N–H and O–H groups in total. The molecule has 0 saturated carbocycles. The number of aromatic nitrogens is 1. The summed E-state index contributed by atoms with van der Waals surface area (Å²) in [6.45, 7) is 0. The number of carbonyl (C=O) groups is 1. The topological polar surface area (TPSA) is 66.1 Å². The number of pyridine rings is 1. The van der Waals surface area contributed by atoms with Crippen LogP contribution in [0.4, 0.5) is 5.82 Å². The number of halogens is 4. The van der Waals surface area contributed by atoms with Crippen LogP contribution in [0, 0.1) is 0 Å². The van der Waals surface area contributed by atoms with Crippen LogP contribution in [0.25, 0.3) is 0 Å².